The second-order valence-electron chi connectivity index (χ2n) is 3.76. The maximum atomic E-state index is 12.7. The van der Waals surface area contributed by atoms with Gasteiger partial charge in [0.25, 0.3) is 5.56 Å². The van der Waals surface area contributed by atoms with E-state index in [-0.39, 0.29) is 10.8 Å². The highest BCUT2D eigenvalue weighted by Crippen LogP contribution is 2.35. The van der Waals surface area contributed by atoms with Gasteiger partial charge in [0.1, 0.15) is 5.15 Å². The summed E-state index contributed by atoms with van der Waals surface area (Å²) in [7, 11) is 0. The van der Waals surface area contributed by atoms with Crippen LogP contribution < -0.4 is 11.2 Å². The van der Waals surface area contributed by atoms with Crippen molar-refractivity contribution < 1.29 is 13.2 Å². The number of nitrogens with one attached hydrogen (secondary N) is 1. The molecule has 20 heavy (non-hydrogen) atoms. The van der Waals surface area contributed by atoms with Crippen molar-refractivity contribution in [3.8, 4) is 5.69 Å². The first-order valence-electron chi connectivity index (χ1n) is 5.09. The molecule has 106 valence electrons. The van der Waals surface area contributed by atoms with Crippen molar-refractivity contribution in [2.45, 2.75) is 6.18 Å². The summed E-state index contributed by atoms with van der Waals surface area (Å²) in [5.41, 5.74) is -3.20. The first kappa shape index (κ1) is 14.7. The quantitative estimate of drug-likeness (QED) is 0.820. The van der Waals surface area contributed by atoms with Gasteiger partial charge >= 0.3 is 11.9 Å². The Bertz CT molecular complexity index is 749. The van der Waals surface area contributed by atoms with Gasteiger partial charge in [0.2, 0.25) is 0 Å². The van der Waals surface area contributed by atoms with Crippen LogP contribution in [-0.4, -0.2) is 9.55 Å². The lowest BCUT2D eigenvalue weighted by Crippen LogP contribution is -2.33. The predicted octanol–water partition coefficient (Wildman–Crippen LogP) is 2.85. The number of aromatic nitrogens is 2. The number of halogens is 5. The third-order valence-electron chi connectivity index (χ3n) is 2.41. The molecule has 0 atom stereocenters. The summed E-state index contributed by atoms with van der Waals surface area (Å²) in [6.07, 6.45) is -4.70. The Morgan fingerprint density at radius 2 is 1.75 bits per heavy atom. The van der Waals surface area contributed by atoms with Crippen molar-refractivity contribution >= 4 is 23.2 Å². The van der Waals surface area contributed by atoms with Crippen LogP contribution in [0.2, 0.25) is 10.2 Å². The Hall–Kier alpha value is -1.73. The third-order valence-corrected chi connectivity index (χ3v) is 2.95. The smallest absolute Gasteiger partial charge is 0.297 e. The van der Waals surface area contributed by atoms with Gasteiger partial charge in [0.05, 0.1) is 16.3 Å². The Morgan fingerprint density at radius 3 is 2.30 bits per heavy atom. The van der Waals surface area contributed by atoms with E-state index in [0.29, 0.717) is 10.6 Å². The van der Waals surface area contributed by atoms with Crippen LogP contribution in [0.4, 0.5) is 13.2 Å². The number of benzene rings is 1. The molecule has 0 aliphatic carbocycles. The normalized spacial score (nSPS) is 11.7. The van der Waals surface area contributed by atoms with Crippen LogP contribution in [0.3, 0.4) is 0 Å². The highest BCUT2D eigenvalue weighted by Gasteiger charge is 2.33. The lowest BCUT2D eigenvalue weighted by atomic mass is 10.2. The summed E-state index contributed by atoms with van der Waals surface area (Å²) >= 11 is 10.9. The number of hydrogen-bond donors (Lipinski definition) is 1. The fraction of sp³-hybridized carbons (Fsp3) is 0.0909. The summed E-state index contributed by atoms with van der Waals surface area (Å²) < 4.78 is 38.7. The van der Waals surface area contributed by atoms with Gasteiger partial charge in [-0.2, -0.15) is 13.2 Å². The van der Waals surface area contributed by atoms with Crippen molar-refractivity contribution in [3.63, 3.8) is 0 Å². The highest BCUT2D eigenvalue weighted by molar-refractivity contribution is 6.31. The van der Waals surface area contributed by atoms with Gasteiger partial charge in [-0.3, -0.25) is 9.78 Å². The number of alkyl halides is 3. The molecule has 0 saturated heterocycles. The highest BCUT2D eigenvalue weighted by atomic mass is 35.5. The number of aromatic amines is 1. The first-order valence-corrected chi connectivity index (χ1v) is 5.85. The van der Waals surface area contributed by atoms with E-state index in [0.717, 1.165) is 18.2 Å². The van der Waals surface area contributed by atoms with Gasteiger partial charge in [-0.05, 0) is 18.2 Å². The Balaban J connectivity index is 2.73. The van der Waals surface area contributed by atoms with E-state index in [2.05, 4.69) is 4.98 Å². The molecule has 2 aromatic rings. The van der Waals surface area contributed by atoms with E-state index in [1.165, 1.54) is 0 Å². The average molecular weight is 325 g/mol. The topological polar surface area (TPSA) is 54.9 Å². The zero-order valence-electron chi connectivity index (χ0n) is 9.46. The molecular formula is C11H5Cl2F3N2O2. The molecule has 1 N–H and O–H groups in total. The van der Waals surface area contributed by atoms with Crippen LogP contribution >= 0.6 is 23.2 Å². The standard InChI is InChI=1S/C11H5Cl2F3N2O2/c12-7-2-1-5(3-6(7)11(14,15)16)18-9(19)4-8(13)17-10(18)20/h1-4H,(H,17,20). The molecule has 0 fully saturated rings. The fourth-order valence-electron chi connectivity index (χ4n) is 1.58. The molecule has 0 saturated carbocycles. The molecule has 4 nitrogen and oxygen atoms in total. The molecule has 1 heterocycles. The number of rotatable bonds is 1. The molecule has 0 unspecified atom stereocenters. The Morgan fingerprint density at radius 1 is 1.10 bits per heavy atom. The van der Waals surface area contributed by atoms with Gasteiger partial charge < -0.3 is 0 Å². The Kier molecular flexibility index (Phi) is 3.66. The zero-order valence-corrected chi connectivity index (χ0v) is 11.0. The van der Waals surface area contributed by atoms with Crippen molar-refractivity contribution in [1.29, 1.82) is 0 Å². The maximum absolute atomic E-state index is 12.7. The van der Waals surface area contributed by atoms with Crippen LogP contribution in [0.1, 0.15) is 5.56 Å². The van der Waals surface area contributed by atoms with Gasteiger partial charge in [-0.15, -0.1) is 0 Å². The van der Waals surface area contributed by atoms with E-state index in [1.807, 2.05) is 0 Å². The van der Waals surface area contributed by atoms with Crippen molar-refractivity contribution in [2.24, 2.45) is 0 Å². The number of nitrogens with zero attached hydrogens (tertiary/aromatic N) is 1. The molecule has 1 aromatic carbocycles. The molecule has 9 heteroatoms. The van der Waals surface area contributed by atoms with E-state index in [9.17, 15) is 22.8 Å². The summed E-state index contributed by atoms with van der Waals surface area (Å²) in [4.78, 5) is 25.4. The Labute approximate surface area is 119 Å². The van der Waals surface area contributed by atoms with Crippen LogP contribution in [0.25, 0.3) is 5.69 Å². The minimum atomic E-state index is -4.70. The number of hydrogen-bond acceptors (Lipinski definition) is 2. The van der Waals surface area contributed by atoms with Gasteiger partial charge in [0.15, 0.2) is 0 Å². The van der Waals surface area contributed by atoms with Crippen LogP contribution in [0, 0.1) is 0 Å². The van der Waals surface area contributed by atoms with E-state index < -0.39 is 28.0 Å². The molecule has 0 aliphatic heterocycles. The zero-order chi connectivity index (χ0) is 15.1. The minimum absolute atomic E-state index is 0.207. The molecular weight excluding hydrogens is 320 g/mol. The second-order valence-corrected chi connectivity index (χ2v) is 4.57. The second kappa shape index (κ2) is 4.99. The van der Waals surface area contributed by atoms with E-state index in [4.69, 9.17) is 23.2 Å². The van der Waals surface area contributed by atoms with Gasteiger partial charge in [0, 0.05) is 6.07 Å². The average Bonchev–Trinajstić information content (AvgIpc) is 2.28. The lowest BCUT2D eigenvalue weighted by molar-refractivity contribution is -0.137. The summed E-state index contributed by atoms with van der Waals surface area (Å²) in [5, 5.41) is -0.735. The molecule has 0 bridgehead atoms. The first-order chi connectivity index (χ1) is 9.20. The van der Waals surface area contributed by atoms with Crippen LogP contribution in [0.5, 0.6) is 0 Å². The molecule has 0 radical (unpaired) electrons. The van der Waals surface area contributed by atoms with Gasteiger partial charge in [-0.25, -0.2) is 9.36 Å². The monoisotopic (exact) mass is 324 g/mol. The third kappa shape index (κ3) is 2.73. The summed E-state index contributed by atoms with van der Waals surface area (Å²) in [6, 6.07) is 3.58. The fourth-order valence-corrected chi connectivity index (χ4v) is 1.98. The van der Waals surface area contributed by atoms with E-state index >= 15 is 0 Å². The summed E-state index contributed by atoms with van der Waals surface area (Å²) in [5.74, 6) is 0. The lowest BCUT2D eigenvalue weighted by Gasteiger charge is -2.11. The number of H-pyrrole nitrogens is 1. The molecule has 0 aliphatic rings. The molecule has 0 spiro atoms. The largest absolute Gasteiger partial charge is 0.417 e. The van der Waals surface area contributed by atoms with Crippen LogP contribution in [0.15, 0.2) is 33.9 Å². The molecule has 0 amide bonds. The van der Waals surface area contributed by atoms with Crippen molar-refractivity contribution in [2.75, 3.05) is 0 Å². The SMILES string of the molecule is O=c1cc(Cl)[nH]c(=O)n1-c1ccc(Cl)c(C(F)(F)F)c1. The molecule has 1 aromatic heterocycles. The predicted molar refractivity (Wildman–Crippen MR) is 67.7 cm³/mol. The van der Waals surface area contributed by atoms with E-state index in [1.54, 1.807) is 0 Å². The summed E-state index contributed by atoms with van der Waals surface area (Å²) in [6.45, 7) is 0. The van der Waals surface area contributed by atoms with Crippen LogP contribution in [-0.2, 0) is 6.18 Å². The van der Waals surface area contributed by atoms with Gasteiger partial charge in [-0.1, -0.05) is 23.2 Å². The van der Waals surface area contributed by atoms with Crippen molar-refractivity contribution in [1.82, 2.24) is 9.55 Å². The molecule has 2 rings (SSSR count). The van der Waals surface area contributed by atoms with Crippen molar-refractivity contribution in [3.05, 3.63) is 60.8 Å². The maximum Gasteiger partial charge on any atom is 0.417 e. The minimum Gasteiger partial charge on any atom is -0.297 e.